The van der Waals surface area contributed by atoms with Crippen LogP contribution in [0.15, 0.2) is 16.9 Å². The molecule has 2 rings (SSSR count). The summed E-state index contributed by atoms with van der Waals surface area (Å²) in [6, 6.07) is -0.616. The van der Waals surface area contributed by atoms with Crippen LogP contribution in [0.1, 0.15) is 40.6 Å². The van der Waals surface area contributed by atoms with Gasteiger partial charge in [-0.2, -0.15) is 0 Å². The molecule has 0 atom stereocenters. The zero-order valence-corrected chi connectivity index (χ0v) is 15.0. The summed E-state index contributed by atoms with van der Waals surface area (Å²) in [5, 5.41) is 8.19. The molecule has 1 amide bonds. The summed E-state index contributed by atoms with van der Waals surface area (Å²) in [6.45, 7) is 6.62. The summed E-state index contributed by atoms with van der Waals surface area (Å²) in [6.07, 6.45) is 0. The van der Waals surface area contributed by atoms with Crippen molar-refractivity contribution in [2.75, 3.05) is 5.32 Å². The van der Waals surface area contributed by atoms with E-state index in [1.807, 2.05) is 13.8 Å². The summed E-state index contributed by atoms with van der Waals surface area (Å²) in [4.78, 5) is 23.2. The molecule has 128 valence electrons. The molecule has 0 saturated carbocycles. The lowest BCUT2D eigenvalue weighted by Gasteiger charge is -2.15. The summed E-state index contributed by atoms with van der Waals surface area (Å²) < 4.78 is 21.7. The summed E-state index contributed by atoms with van der Waals surface area (Å²) in [7, 11) is 0. The maximum atomic E-state index is 11.9. The number of hydrogen-bond donors (Lipinski definition) is 2. The smallest absolute Gasteiger partial charge is 0.268 e. The van der Waals surface area contributed by atoms with Crippen molar-refractivity contribution in [2.24, 2.45) is 0 Å². The monoisotopic (exact) mass is 371 g/mol. The van der Waals surface area contributed by atoms with Crippen LogP contribution >= 0.6 is 23.2 Å². The van der Waals surface area contributed by atoms with Crippen LogP contribution < -0.4 is 15.6 Å². The normalized spacial score (nSPS) is 12.0. The Morgan fingerprint density at radius 1 is 1.38 bits per heavy atom. The number of carbonyl (C=O) groups is 1. The van der Waals surface area contributed by atoms with E-state index >= 15 is 0 Å². The van der Waals surface area contributed by atoms with Crippen LogP contribution in [0.5, 0.6) is 11.6 Å². The number of hydrogen-bond acceptors (Lipinski definition) is 4. The number of aromatic amines is 1. The molecular formula is C16H17Cl2N3O3. The third-order valence-corrected chi connectivity index (χ3v) is 3.71. The first-order valence-electron chi connectivity index (χ1n) is 8.09. The summed E-state index contributed by atoms with van der Waals surface area (Å²) in [5.41, 5.74) is 0.550. The fourth-order valence-electron chi connectivity index (χ4n) is 2.21. The Bertz CT molecular complexity index is 916. The molecule has 0 aliphatic heterocycles. The van der Waals surface area contributed by atoms with Crippen molar-refractivity contribution in [1.29, 1.82) is 0 Å². The molecule has 1 heterocycles. The van der Waals surface area contributed by atoms with Crippen LogP contribution in [-0.4, -0.2) is 16.1 Å². The number of aromatic nitrogens is 2. The maximum absolute atomic E-state index is 11.9. The topological polar surface area (TPSA) is 84.1 Å². The van der Waals surface area contributed by atoms with Crippen molar-refractivity contribution in [3.05, 3.63) is 43.6 Å². The van der Waals surface area contributed by atoms with Crippen molar-refractivity contribution in [1.82, 2.24) is 10.2 Å². The minimum absolute atomic E-state index is 0.0585. The summed E-state index contributed by atoms with van der Waals surface area (Å²) >= 11 is 12.3. The van der Waals surface area contributed by atoms with Gasteiger partial charge in [-0.05, 0) is 24.9 Å². The molecule has 24 heavy (non-hydrogen) atoms. The van der Waals surface area contributed by atoms with Gasteiger partial charge in [-0.15, -0.1) is 5.10 Å². The third kappa shape index (κ3) is 3.88. The first-order chi connectivity index (χ1) is 12.1. The second-order valence-corrected chi connectivity index (χ2v) is 6.17. The van der Waals surface area contributed by atoms with Crippen molar-refractivity contribution in [3.8, 4) is 11.6 Å². The molecule has 0 radical (unpaired) electrons. The lowest BCUT2D eigenvalue weighted by molar-refractivity contribution is -0.114. The molecule has 1 aromatic carbocycles. The van der Waals surface area contributed by atoms with Crippen LogP contribution in [0.2, 0.25) is 10.0 Å². The quantitative estimate of drug-likeness (QED) is 0.840. The largest absolute Gasteiger partial charge is 0.434 e. The lowest BCUT2D eigenvalue weighted by atomic mass is 10.0. The van der Waals surface area contributed by atoms with E-state index in [2.05, 4.69) is 15.5 Å². The van der Waals surface area contributed by atoms with Crippen LogP contribution in [0, 0.1) is 6.92 Å². The molecular weight excluding hydrogens is 353 g/mol. The van der Waals surface area contributed by atoms with Gasteiger partial charge < -0.3 is 10.1 Å². The van der Waals surface area contributed by atoms with E-state index < -0.39 is 5.91 Å². The number of ether oxygens (including phenoxy) is 1. The van der Waals surface area contributed by atoms with Crippen LogP contribution in [0.25, 0.3) is 0 Å². The van der Waals surface area contributed by atoms with E-state index in [-0.39, 0.29) is 50.9 Å². The van der Waals surface area contributed by atoms with Crippen molar-refractivity contribution in [3.63, 3.8) is 0 Å². The molecule has 0 aliphatic rings. The zero-order chi connectivity index (χ0) is 19.8. The average Bonchev–Trinajstić information content (AvgIpc) is 2.55. The van der Waals surface area contributed by atoms with Gasteiger partial charge in [0.2, 0.25) is 11.8 Å². The maximum Gasteiger partial charge on any atom is 0.268 e. The number of nitrogens with one attached hydrogen (secondary N) is 2. The standard InChI is InChI=1S/C16H17Cl2N3O3/c1-7(2)13-8(3)16(21-20-15(13)23)24-14-11(17)5-10(6-12(14)18)19-9(4)22/h5-7H,1-4H3,(H,19,22)(H,20,23)/i5D,6D. The van der Waals surface area contributed by atoms with Crippen LogP contribution in [0.3, 0.4) is 0 Å². The minimum Gasteiger partial charge on any atom is -0.434 e. The number of benzene rings is 1. The highest BCUT2D eigenvalue weighted by Crippen LogP contribution is 2.39. The Hall–Kier alpha value is -2.05. The van der Waals surface area contributed by atoms with Gasteiger partial charge in [0.15, 0.2) is 5.75 Å². The van der Waals surface area contributed by atoms with E-state index in [1.54, 1.807) is 6.92 Å². The molecule has 0 spiro atoms. The second-order valence-electron chi connectivity index (χ2n) is 5.42. The third-order valence-electron chi connectivity index (χ3n) is 3.17. The SMILES string of the molecule is [2H]c1c(Cl)c(Oc2n[nH]c(=O)c(C(C)C)c2C)c(Cl)c([2H])c1NC(C)=O. The van der Waals surface area contributed by atoms with Crippen molar-refractivity contribution in [2.45, 2.75) is 33.6 Å². The van der Waals surface area contributed by atoms with E-state index in [0.29, 0.717) is 11.1 Å². The molecule has 0 bridgehead atoms. The van der Waals surface area contributed by atoms with Crippen molar-refractivity contribution < 1.29 is 12.3 Å². The van der Waals surface area contributed by atoms with E-state index in [4.69, 9.17) is 30.7 Å². The van der Waals surface area contributed by atoms with Gasteiger partial charge >= 0.3 is 0 Å². The van der Waals surface area contributed by atoms with E-state index in [0.717, 1.165) is 0 Å². The Balaban J connectivity index is 2.60. The highest BCUT2D eigenvalue weighted by Gasteiger charge is 2.18. The highest BCUT2D eigenvalue weighted by molar-refractivity contribution is 6.37. The molecule has 0 fully saturated rings. The van der Waals surface area contributed by atoms with E-state index in [1.165, 1.54) is 6.92 Å². The number of rotatable bonds is 4. The van der Waals surface area contributed by atoms with Crippen LogP contribution in [0.4, 0.5) is 5.69 Å². The Morgan fingerprint density at radius 3 is 2.46 bits per heavy atom. The molecule has 1 aromatic heterocycles. The molecule has 0 saturated heterocycles. The van der Waals surface area contributed by atoms with Gasteiger partial charge in [0, 0.05) is 23.7 Å². The Morgan fingerprint density at radius 2 is 1.96 bits per heavy atom. The van der Waals surface area contributed by atoms with Crippen molar-refractivity contribution >= 4 is 34.8 Å². The van der Waals surface area contributed by atoms with Crippen LogP contribution in [-0.2, 0) is 4.79 Å². The van der Waals surface area contributed by atoms with Gasteiger partial charge in [0.05, 0.1) is 12.8 Å². The number of nitrogens with zero attached hydrogens (tertiary/aromatic N) is 1. The van der Waals surface area contributed by atoms with Gasteiger partial charge in [0.1, 0.15) is 0 Å². The molecule has 0 aliphatic carbocycles. The van der Waals surface area contributed by atoms with Gasteiger partial charge in [0.25, 0.3) is 5.56 Å². The number of amides is 1. The van der Waals surface area contributed by atoms with E-state index in [9.17, 15) is 9.59 Å². The second kappa shape index (κ2) is 7.23. The fourth-order valence-corrected chi connectivity index (χ4v) is 2.71. The molecule has 2 aromatic rings. The molecule has 0 unspecified atom stereocenters. The average molecular weight is 372 g/mol. The number of anilines is 1. The predicted octanol–water partition coefficient (Wildman–Crippen LogP) is 4.26. The number of halogens is 2. The predicted molar refractivity (Wildman–Crippen MR) is 94.5 cm³/mol. The number of carbonyl (C=O) groups excluding carboxylic acids is 1. The number of H-pyrrole nitrogens is 1. The van der Waals surface area contributed by atoms with Gasteiger partial charge in [-0.25, -0.2) is 5.10 Å². The Labute approximate surface area is 151 Å². The zero-order valence-electron chi connectivity index (χ0n) is 15.5. The summed E-state index contributed by atoms with van der Waals surface area (Å²) in [5.74, 6) is -0.624. The van der Waals surface area contributed by atoms with Gasteiger partial charge in [-0.3, -0.25) is 9.59 Å². The first kappa shape index (κ1) is 15.5. The molecule has 6 nitrogen and oxygen atoms in total. The molecule has 2 N–H and O–H groups in total. The fraction of sp³-hybridized carbons (Fsp3) is 0.312. The Kier molecular flexibility index (Phi) is 4.66. The first-order valence-corrected chi connectivity index (χ1v) is 7.84. The lowest BCUT2D eigenvalue weighted by Crippen LogP contribution is -2.18. The molecule has 8 heteroatoms. The minimum atomic E-state index is -0.465. The van der Waals surface area contributed by atoms with Gasteiger partial charge in [-0.1, -0.05) is 37.0 Å². The highest BCUT2D eigenvalue weighted by atomic mass is 35.5.